The van der Waals surface area contributed by atoms with Gasteiger partial charge in [-0.25, -0.2) is 19.4 Å². The van der Waals surface area contributed by atoms with Crippen molar-refractivity contribution in [2.45, 2.75) is 25.1 Å². The van der Waals surface area contributed by atoms with Gasteiger partial charge < -0.3 is 49.8 Å². The van der Waals surface area contributed by atoms with Gasteiger partial charge in [-0.15, -0.1) is 0 Å². The van der Waals surface area contributed by atoms with Gasteiger partial charge in [-0.3, -0.25) is 14.4 Å². The van der Waals surface area contributed by atoms with Gasteiger partial charge in [-0.1, -0.05) is 11.6 Å². The van der Waals surface area contributed by atoms with Crippen molar-refractivity contribution >= 4 is 52.0 Å². The zero-order valence-electron chi connectivity index (χ0n) is 34.1. The Bertz CT molecular complexity index is 2560. The third-order valence-corrected chi connectivity index (χ3v) is 12.6. The quantitative estimate of drug-likeness (QED) is 0.1000. The topological polar surface area (TPSA) is 224 Å². The fraction of sp³-hybridized carbons (Fsp3) is 0.439. The number of amides is 3. The molecule has 6 N–H and O–H groups in total. The van der Waals surface area contributed by atoms with E-state index in [4.69, 9.17) is 11.6 Å². The van der Waals surface area contributed by atoms with E-state index in [0.717, 1.165) is 36.7 Å². The Morgan fingerprint density at radius 3 is 2.38 bits per heavy atom. The second-order valence-corrected chi connectivity index (χ2v) is 16.9. The number of benzene rings is 1. The van der Waals surface area contributed by atoms with Crippen LogP contribution in [0.4, 0.5) is 18.9 Å². The van der Waals surface area contributed by atoms with Crippen molar-refractivity contribution in [2.75, 3.05) is 77.4 Å². The molecular formula is C41H46ClF3N11O7+. The number of imidazole rings is 1. The molecule has 4 aromatic heterocycles. The molecule has 1 atom stereocenters. The highest BCUT2D eigenvalue weighted by Crippen LogP contribution is 2.37. The molecule has 3 aliphatic heterocycles. The number of carboxylic acid groups (broad SMARTS) is 1. The summed E-state index contributed by atoms with van der Waals surface area (Å²) in [6.07, 6.45) is -2.62. The fourth-order valence-electron chi connectivity index (χ4n) is 8.77. The van der Waals surface area contributed by atoms with E-state index in [0.29, 0.717) is 60.5 Å². The van der Waals surface area contributed by atoms with Gasteiger partial charge in [0.25, 0.3) is 11.8 Å². The molecule has 3 saturated heterocycles. The second-order valence-electron chi connectivity index (χ2n) is 16.5. The van der Waals surface area contributed by atoms with Crippen molar-refractivity contribution in [1.82, 2.24) is 44.4 Å². The van der Waals surface area contributed by atoms with Gasteiger partial charge in [0.15, 0.2) is 23.9 Å². The normalized spacial score (nSPS) is 20.1. The van der Waals surface area contributed by atoms with Crippen LogP contribution in [0.5, 0.6) is 0 Å². The number of carbonyl (C=O) groups excluding carboxylic acids is 3. The lowest BCUT2D eigenvalue weighted by Crippen LogP contribution is -2.62. The van der Waals surface area contributed by atoms with Crippen molar-refractivity contribution in [2.24, 2.45) is 18.9 Å². The second kappa shape index (κ2) is 17.4. The largest absolute Gasteiger partial charge is 0.477 e. The number of nitrogens with zero attached hydrogens (tertiary/aromatic N) is 8. The van der Waals surface area contributed by atoms with Gasteiger partial charge in [0, 0.05) is 88.6 Å². The molecule has 0 aliphatic carbocycles. The zero-order valence-corrected chi connectivity index (χ0v) is 34.9. The summed E-state index contributed by atoms with van der Waals surface area (Å²) in [5.41, 5.74) is -0.220. The Kier molecular flexibility index (Phi) is 12.1. The number of aliphatic hydroxyl groups excluding tert-OH is 2. The minimum absolute atomic E-state index is 0.0226. The number of H-pyrrole nitrogens is 1. The number of piperidine rings is 1. The summed E-state index contributed by atoms with van der Waals surface area (Å²) < 4.78 is 45.7. The third-order valence-electron chi connectivity index (χ3n) is 12.3. The molecule has 8 rings (SSSR count). The summed E-state index contributed by atoms with van der Waals surface area (Å²) >= 11 is 6.57. The van der Waals surface area contributed by atoms with E-state index in [2.05, 4.69) is 30.7 Å². The number of carboxylic acids is 1. The van der Waals surface area contributed by atoms with E-state index >= 15 is 0 Å². The molecule has 22 heteroatoms. The number of aliphatic carboxylic acids is 1. The molecule has 3 amide bonds. The first-order chi connectivity index (χ1) is 30.0. The van der Waals surface area contributed by atoms with Crippen LogP contribution in [-0.2, 0) is 22.8 Å². The van der Waals surface area contributed by atoms with E-state index in [9.17, 15) is 47.7 Å². The molecule has 0 spiro atoms. The monoisotopic (exact) mass is 896 g/mol. The highest BCUT2D eigenvalue weighted by molar-refractivity contribution is 6.34. The minimum Gasteiger partial charge on any atom is -0.477 e. The van der Waals surface area contributed by atoms with Crippen LogP contribution < -0.4 is 10.6 Å². The first-order valence-electron chi connectivity index (χ1n) is 20.5. The Morgan fingerprint density at radius 1 is 1.03 bits per heavy atom. The number of aliphatic hydroxyl groups is 2. The summed E-state index contributed by atoms with van der Waals surface area (Å²) in [5, 5.41) is 38.6. The van der Waals surface area contributed by atoms with Crippen LogP contribution in [-0.4, -0.2) is 155 Å². The van der Waals surface area contributed by atoms with Crippen LogP contribution in [0, 0.1) is 11.8 Å². The molecule has 0 unspecified atom stereocenters. The first-order valence-corrected chi connectivity index (χ1v) is 20.8. The molecule has 0 bridgehead atoms. The molecule has 63 heavy (non-hydrogen) atoms. The molecule has 18 nitrogen and oxygen atoms in total. The summed E-state index contributed by atoms with van der Waals surface area (Å²) in [4.78, 5) is 67.0. The number of halogens is 4. The van der Waals surface area contributed by atoms with Gasteiger partial charge in [0.2, 0.25) is 5.91 Å². The maximum atomic E-state index is 14.4. The number of nitrogens with one attached hydrogen (secondary N) is 3. The molecule has 0 saturated carbocycles. The molecule has 0 radical (unpaired) electrons. The molecule has 1 aromatic carbocycles. The predicted octanol–water partition coefficient (Wildman–Crippen LogP) is 2.91. The number of anilines is 1. The molecule has 3 fully saturated rings. The van der Waals surface area contributed by atoms with Gasteiger partial charge in [-0.05, 0) is 36.4 Å². The van der Waals surface area contributed by atoms with Crippen LogP contribution in [0.15, 0.2) is 48.8 Å². The Balaban J connectivity index is 0.892. The van der Waals surface area contributed by atoms with E-state index in [1.807, 2.05) is 0 Å². The first kappa shape index (κ1) is 43.8. The third kappa shape index (κ3) is 9.01. The average Bonchev–Trinajstić information content (AvgIpc) is 3.98. The molecule has 5 aromatic rings. The van der Waals surface area contributed by atoms with Crippen molar-refractivity contribution in [3.8, 4) is 17.1 Å². The summed E-state index contributed by atoms with van der Waals surface area (Å²) in [5.74, 6) is -1.87. The number of pyridine rings is 1. The average molecular weight is 897 g/mol. The number of alkyl halides is 3. The van der Waals surface area contributed by atoms with Crippen LogP contribution in [0.3, 0.4) is 0 Å². The molecule has 334 valence electrons. The molecule has 3 aliphatic rings. The highest BCUT2D eigenvalue weighted by Gasteiger charge is 2.43. The number of carbonyl (C=O) groups is 4. The maximum absolute atomic E-state index is 14.4. The van der Waals surface area contributed by atoms with Crippen molar-refractivity contribution in [3.63, 3.8) is 0 Å². The van der Waals surface area contributed by atoms with Gasteiger partial charge in [0.1, 0.15) is 6.10 Å². The standard InChI is InChI=1S/C41H45ClF3N11O7/c1-52-32(27-19-55(51-36(27)41(43,44)45)34-5-4-29-30(50-34)15-31(49-29)33(58)22-57)18-47-37(52)38(61)48-25-2-3-26(28(42)14-25)40(63)54-10-8-53(9-11-54)39(62)24-6-12-56(13-7-24,21-35(59)60)20-23-16-46-17-23/h2-5,14-15,18-19,23-24,33,46,57-58H,6-13,16-17,20-22H2,1H3,(H2-,48,49,50,59,60,61,63)/p+1/t24?,33-,56?/m1/s1. The number of fused-ring (bicyclic) bond motifs is 1. The smallest absolute Gasteiger partial charge is 0.435 e. The lowest BCUT2D eigenvalue weighted by atomic mass is 9.90. The number of quaternary nitrogens is 1. The molecule has 7 heterocycles. The number of hydrogen-bond donors (Lipinski definition) is 6. The highest BCUT2D eigenvalue weighted by atomic mass is 35.5. The lowest BCUT2D eigenvalue weighted by Gasteiger charge is -2.46. The van der Waals surface area contributed by atoms with E-state index in [1.54, 1.807) is 15.9 Å². The predicted molar refractivity (Wildman–Crippen MR) is 221 cm³/mol. The Hall–Kier alpha value is -5.87. The van der Waals surface area contributed by atoms with Crippen LogP contribution in [0.2, 0.25) is 5.02 Å². The number of piperazine rings is 1. The van der Waals surface area contributed by atoms with Gasteiger partial charge in [0.05, 0.1) is 65.3 Å². The fourth-order valence-corrected chi connectivity index (χ4v) is 9.04. The number of likely N-dealkylation sites (tertiary alicyclic amines) is 1. The number of aromatic nitrogens is 6. The number of hydrogen-bond acceptors (Lipinski definition) is 10. The van der Waals surface area contributed by atoms with E-state index in [1.165, 1.54) is 41.9 Å². The summed E-state index contributed by atoms with van der Waals surface area (Å²) in [6, 6.07) is 8.78. The van der Waals surface area contributed by atoms with Crippen molar-refractivity contribution in [1.29, 1.82) is 0 Å². The van der Waals surface area contributed by atoms with Crippen LogP contribution >= 0.6 is 11.6 Å². The van der Waals surface area contributed by atoms with Gasteiger partial charge in [-0.2, -0.15) is 18.3 Å². The van der Waals surface area contributed by atoms with Crippen LogP contribution in [0.25, 0.3) is 28.1 Å². The van der Waals surface area contributed by atoms with Gasteiger partial charge >= 0.3 is 12.1 Å². The summed E-state index contributed by atoms with van der Waals surface area (Å²) in [7, 11) is 1.38. The Morgan fingerprint density at radius 2 is 1.75 bits per heavy atom. The van der Waals surface area contributed by atoms with E-state index in [-0.39, 0.29) is 82.2 Å². The summed E-state index contributed by atoms with van der Waals surface area (Å²) in [6.45, 7) is 4.60. The lowest BCUT2D eigenvalue weighted by molar-refractivity contribution is -0.929. The Labute approximate surface area is 362 Å². The van der Waals surface area contributed by atoms with Crippen LogP contribution in [0.1, 0.15) is 51.3 Å². The molecular weight excluding hydrogens is 851 g/mol. The number of rotatable bonds is 12. The van der Waals surface area contributed by atoms with E-state index < -0.39 is 36.5 Å². The zero-order chi connectivity index (χ0) is 44.8. The maximum Gasteiger partial charge on any atom is 0.435 e. The SMILES string of the molecule is Cn1c(-c2cn(-c3ccc4[nH]c([C@H](O)CO)cc4n3)nc2C(F)(F)F)cnc1C(=O)Nc1ccc(C(=O)N2CCN(C(=O)C3CC[N+](CC(=O)O)(CC4CNC4)CC3)CC2)c(Cl)c1. The van der Waals surface area contributed by atoms with Crippen molar-refractivity contribution < 1.29 is 52.2 Å². The number of aromatic amines is 1. The minimum atomic E-state index is -4.90. The van der Waals surface area contributed by atoms with Crippen molar-refractivity contribution in [3.05, 3.63) is 76.6 Å².